The van der Waals surface area contributed by atoms with E-state index in [0.717, 1.165) is 32.5 Å². The minimum absolute atomic E-state index is 0.0413. The highest BCUT2D eigenvalue weighted by Gasteiger charge is 2.30. The summed E-state index contributed by atoms with van der Waals surface area (Å²) in [7, 11) is 0. The van der Waals surface area contributed by atoms with Gasteiger partial charge in [0.1, 0.15) is 0 Å². The van der Waals surface area contributed by atoms with E-state index in [-0.39, 0.29) is 24.2 Å². The van der Waals surface area contributed by atoms with Gasteiger partial charge in [-0.05, 0) is 20.3 Å². The monoisotopic (exact) mass is 257 g/mol. The first-order valence-electron chi connectivity index (χ1n) is 6.95. The van der Waals surface area contributed by atoms with Crippen LogP contribution < -0.4 is 11.1 Å². The van der Waals surface area contributed by atoms with Crippen molar-refractivity contribution in [3.63, 3.8) is 0 Å². The molecule has 3 atom stereocenters. The van der Waals surface area contributed by atoms with Gasteiger partial charge in [0.25, 0.3) is 0 Å². The predicted octanol–water partition coefficient (Wildman–Crippen LogP) is 0.339. The van der Waals surface area contributed by atoms with Crippen molar-refractivity contribution in [3.8, 4) is 0 Å². The zero-order chi connectivity index (χ0) is 13.5. The van der Waals surface area contributed by atoms with Gasteiger partial charge in [0.05, 0.1) is 18.2 Å². The van der Waals surface area contributed by atoms with E-state index in [2.05, 4.69) is 17.1 Å². The van der Waals surface area contributed by atoms with Gasteiger partial charge in [0, 0.05) is 26.2 Å². The maximum atomic E-state index is 12.0. The number of hydrogen-bond acceptors (Lipinski definition) is 4. The van der Waals surface area contributed by atoms with Crippen LogP contribution in [-0.4, -0.2) is 55.2 Å². The average Bonchev–Trinajstić information content (AvgIpc) is 2.37. The summed E-state index contributed by atoms with van der Waals surface area (Å²) in [5.41, 5.74) is 5.65. The number of carbonyl (C=O) groups is 1. The number of morpholine rings is 1. The smallest absolute Gasteiger partial charge is 0.237 e. The van der Waals surface area contributed by atoms with Crippen LogP contribution in [0.2, 0.25) is 0 Å². The zero-order valence-corrected chi connectivity index (χ0v) is 11.8. The second-order valence-electron chi connectivity index (χ2n) is 5.08. The van der Waals surface area contributed by atoms with E-state index in [0.29, 0.717) is 6.54 Å². The molecular weight excluding hydrogens is 230 g/mol. The Morgan fingerprint density at radius 3 is 2.89 bits per heavy atom. The van der Waals surface area contributed by atoms with E-state index in [1.54, 1.807) is 0 Å². The van der Waals surface area contributed by atoms with Crippen LogP contribution in [0.15, 0.2) is 0 Å². The van der Waals surface area contributed by atoms with E-state index < -0.39 is 0 Å². The van der Waals surface area contributed by atoms with Crippen LogP contribution in [0, 0.1) is 0 Å². The third kappa shape index (κ3) is 4.55. The van der Waals surface area contributed by atoms with E-state index in [1.807, 2.05) is 13.8 Å². The third-order valence-electron chi connectivity index (χ3n) is 3.37. The van der Waals surface area contributed by atoms with Gasteiger partial charge in [-0.3, -0.25) is 9.69 Å². The average molecular weight is 257 g/mol. The molecule has 0 aliphatic carbocycles. The predicted molar refractivity (Wildman–Crippen MR) is 72.3 cm³/mol. The van der Waals surface area contributed by atoms with Gasteiger partial charge in [-0.15, -0.1) is 0 Å². The number of rotatable bonds is 6. The maximum absolute atomic E-state index is 12.0. The molecule has 0 saturated carbocycles. The number of nitrogens with two attached hydrogens (primary N) is 1. The molecule has 3 unspecified atom stereocenters. The van der Waals surface area contributed by atoms with E-state index in [1.165, 1.54) is 0 Å². The van der Waals surface area contributed by atoms with Crippen molar-refractivity contribution in [2.45, 2.75) is 51.9 Å². The molecule has 1 aliphatic heterocycles. The second kappa shape index (κ2) is 7.71. The molecule has 3 N–H and O–H groups in total. The SMILES string of the molecule is CCCCNC(=O)C(C)N1CC(C)OC(CN)C1. The van der Waals surface area contributed by atoms with Crippen LogP contribution in [0.25, 0.3) is 0 Å². The van der Waals surface area contributed by atoms with Gasteiger partial charge < -0.3 is 15.8 Å². The fraction of sp³-hybridized carbons (Fsp3) is 0.923. The van der Waals surface area contributed by atoms with Crippen molar-refractivity contribution in [1.82, 2.24) is 10.2 Å². The lowest BCUT2D eigenvalue weighted by atomic mass is 10.1. The summed E-state index contributed by atoms with van der Waals surface area (Å²) < 4.78 is 5.70. The molecule has 0 aromatic rings. The largest absolute Gasteiger partial charge is 0.371 e. The van der Waals surface area contributed by atoms with Crippen LogP contribution in [0.1, 0.15) is 33.6 Å². The summed E-state index contributed by atoms with van der Waals surface area (Å²) in [5.74, 6) is 0.105. The van der Waals surface area contributed by atoms with Crippen LogP contribution >= 0.6 is 0 Å². The Hall–Kier alpha value is -0.650. The fourth-order valence-corrected chi connectivity index (χ4v) is 2.23. The maximum Gasteiger partial charge on any atom is 0.237 e. The van der Waals surface area contributed by atoms with Gasteiger partial charge in [-0.25, -0.2) is 0 Å². The number of amides is 1. The minimum atomic E-state index is -0.109. The molecule has 1 amide bonds. The Bertz CT molecular complexity index is 261. The first-order valence-corrected chi connectivity index (χ1v) is 6.95. The Morgan fingerprint density at radius 2 is 2.28 bits per heavy atom. The second-order valence-corrected chi connectivity index (χ2v) is 5.08. The lowest BCUT2D eigenvalue weighted by Gasteiger charge is -2.39. The molecule has 1 fully saturated rings. The number of nitrogens with zero attached hydrogens (tertiary/aromatic N) is 1. The highest BCUT2D eigenvalue weighted by Crippen LogP contribution is 2.13. The zero-order valence-electron chi connectivity index (χ0n) is 11.8. The van der Waals surface area contributed by atoms with Crippen molar-refractivity contribution in [1.29, 1.82) is 0 Å². The molecule has 0 aromatic carbocycles. The Morgan fingerprint density at radius 1 is 1.56 bits per heavy atom. The molecule has 0 bridgehead atoms. The summed E-state index contributed by atoms with van der Waals surface area (Å²) in [6.07, 6.45) is 2.31. The van der Waals surface area contributed by atoms with Crippen LogP contribution in [0.3, 0.4) is 0 Å². The van der Waals surface area contributed by atoms with Gasteiger partial charge in [-0.1, -0.05) is 13.3 Å². The summed E-state index contributed by atoms with van der Waals surface area (Å²) >= 11 is 0. The molecule has 0 spiro atoms. The number of unbranched alkanes of at least 4 members (excludes halogenated alkanes) is 1. The molecule has 1 saturated heterocycles. The molecule has 5 heteroatoms. The number of nitrogens with one attached hydrogen (secondary N) is 1. The molecule has 0 radical (unpaired) electrons. The highest BCUT2D eigenvalue weighted by atomic mass is 16.5. The summed E-state index contributed by atoms with van der Waals surface area (Å²) in [5, 5.41) is 2.98. The van der Waals surface area contributed by atoms with Gasteiger partial charge in [0.15, 0.2) is 0 Å². The van der Waals surface area contributed by atoms with Gasteiger partial charge in [-0.2, -0.15) is 0 Å². The summed E-state index contributed by atoms with van der Waals surface area (Å²) in [6, 6.07) is -0.109. The molecule has 106 valence electrons. The Kier molecular flexibility index (Phi) is 6.60. The highest BCUT2D eigenvalue weighted by molar-refractivity contribution is 5.81. The molecule has 1 heterocycles. The van der Waals surface area contributed by atoms with E-state index in [9.17, 15) is 4.79 Å². The van der Waals surface area contributed by atoms with Crippen molar-refractivity contribution < 1.29 is 9.53 Å². The van der Waals surface area contributed by atoms with Gasteiger partial charge >= 0.3 is 0 Å². The Labute approximate surface area is 110 Å². The number of ether oxygens (including phenoxy) is 1. The lowest BCUT2D eigenvalue weighted by Crippen LogP contribution is -2.56. The van der Waals surface area contributed by atoms with Crippen molar-refractivity contribution in [3.05, 3.63) is 0 Å². The van der Waals surface area contributed by atoms with Crippen molar-refractivity contribution >= 4 is 5.91 Å². The quantitative estimate of drug-likeness (QED) is 0.673. The first kappa shape index (κ1) is 15.4. The summed E-state index contributed by atoms with van der Waals surface area (Å²) in [4.78, 5) is 14.2. The van der Waals surface area contributed by atoms with Crippen LogP contribution in [0.5, 0.6) is 0 Å². The number of hydrogen-bond donors (Lipinski definition) is 2. The molecule has 0 aromatic heterocycles. The minimum Gasteiger partial charge on any atom is -0.371 e. The number of carbonyl (C=O) groups excluding carboxylic acids is 1. The molecule has 18 heavy (non-hydrogen) atoms. The standard InChI is InChI=1S/C13H27N3O2/c1-4-5-6-15-13(17)11(3)16-8-10(2)18-12(7-14)9-16/h10-12H,4-9,14H2,1-3H3,(H,15,17). The van der Waals surface area contributed by atoms with E-state index >= 15 is 0 Å². The normalized spacial score (nSPS) is 26.9. The first-order chi connectivity index (χ1) is 8.58. The molecule has 5 nitrogen and oxygen atoms in total. The summed E-state index contributed by atoms with van der Waals surface area (Å²) in [6.45, 7) is 8.89. The van der Waals surface area contributed by atoms with E-state index in [4.69, 9.17) is 10.5 Å². The fourth-order valence-electron chi connectivity index (χ4n) is 2.23. The lowest BCUT2D eigenvalue weighted by molar-refractivity contribution is -0.132. The molecular formula is C13H27N3O2. The topological polar surface area (TPSA) is 67.6 Å². The third-order valence-corrected chi connectivity index (χ3v) is 3.37. The molecule has 1 rings (SSSR count). The van der Waals surface area contributed by atoms with Gasteiger partial charge in [0.2, 0.25) is 5.91 Å². The van der Waals surface area contributed by atoms with Crippen molar-refractivity contribution in [2.75, 3.05) is 26.2 Å². The Balaban J connectivity index is 2.43. The van der Waals surface area contributed by atoms with Crippen LogP contribution in [-0.2, 0) is 9.53 Å². The van der Waals surface area contributed by atoms with Crippen LogP contribution in [0.4, 0.5) is 0 Å². The molecule has 1 aliphatic rings. The van der Waals surface area contributed by atoms with Crippen molar-refractivity contribution in [2.24, 2.45) is 5.73 Å².